The molecule has 16 heavy (non-hydrogen) atoms. The normalized spacial score (nSPS) is 14.4. The van der Waals surface area contributed by atoms with Crippen LogP contribution < -0.4 is 11.5 Å². The van der Waals surface area contributed by atoms with E-state index in [-0.39, 0.29) is 17.2 Å². The predicted molar refractivity (Wildman–Crippen MR) is 68.2 cm³/mol. The molecule has 0 aliphatic heterocycles. The van der Waals surface area contributed by atoms with Gasteiger partial charge in [-0.25, -0.2) is 0 Å². The van der Waals surface area contributed by atoms with Crippen molar-refractivity contribution in [3.8, 4) is 0 Å². The molecule has 0 aliphatic rings. The lowest BCUT2D eigenvalue weighted by atomic mass is 10.1. The minimum absolute atomic E-state index is 0.0390. The molecule has 0 saturated carbocycles. The predicted octanol–water partition coefficient (Wildman–Crippen LogP) is 2.06. The highest BCUT2D eigenvalue weighted by Gasteiger charge is 2.14. The molecular weight excluding hydrogens is 220 g/mol. The molecule has 0 bridgehead atoms. The van der Waals surface area contributed by atoms with Gasteiger partial charge in [0.15, 0.2) is 0 Å². The first-order valence-electron chi connectivity index (χ1n) is 5.36. The van der Waals surface area contributed by atoms with Crippen LogP contribution in [0.3, 0.4) is 0 Å². The van der Waals surface area contributed by atoms with Crippen LogP contribution in [-0.2, 0) is 4.79 Å². The summed E-state index contributed by atoms with van der Waals surface area (Å²) in [5.41, 5.74) is 12.1. The average Bonchev–Trinajstić information content (AvgIpc) is 2.26. The maximum absolute atomic E-state index is 11.1. The Hall–Kier alpha value is -1.00. The second-order valence-corrected chi connectivity index (χ2v) is 5.05. The number of carbonyl (C=O) groups is 1. The highest BCUT2D eigenvalue weighted by molar-refractivity contribution is 8.00. The third-order valence-electron chi connectivity index (χ3n) is 2.37. The van der Waals surface area contributed by atoms with E-state index in [1.54, 1.807) is 0 Å². The molecule has 3 nitrogen and oxygen atoms in total. The van der Waals surface area contributed by atoms with Crippen molar-refractivity contribution in [1.29, 1.82) is 0 Å². The number of hydrogen-bond donors (Lipinski definition) is 2. The molecule has 0 aliphatic carbocycles. The lowest BCUT2D eigenvalue weighted by Gasteiger charge is -2.11. The zero-order valence-corrected chi connectivity index (χ0v) is 10.5. The fourth-order valence-corrected chi connectivity index (χ4v) is 2.26. The number of hydrogen-bond acceptors (Lipinski definition) is 3. The van der Waals surface area contributed by atoms with Crippen molar-refractivity contribution in [2.24, 2.45) is 11.5 Å². The van der Waals surface area contributed by atoms with Gasteiger partial charge in [0, 0.05) is 10.9 Å². The van der Waals surface area contributed by atoms with Crippen LogP contribution in [0.15, 0.2) is 29.2 Å². The van der Waals surface area contributed by atoms with E-state index in [1.807, 2.05) is 38.1 Å². The summed E-state index contributed by atoms with van der Waals surface area (Å²) in [7, 11) is 0. The molecule has 1 amide bonds. The molecule has 0 saturated heterocycles. The van der Waals surface area contributed by atoms with E-state index in [4.69, 9.17) is 11.5 Å². The molecule has 4 heteroatoms. The molecule has 1 rings (SSSR count). The number of rotatable bonds is 5. The Morgan fingerprint density at radius 1 is 1.38 bits per heavy atom. The third-order valence-corrected chi connectivity index (χ3v) is 3.77. The van der Waals surface area contributed by atoms with Gasteiger partial charge in [-0.3, -0.25) is 4.79 Å². The first-order chi connectivity index (χ1) is 7.54. The van der Waals surface area contributed by atoms with Crippen LogP contribution in [0, 0.1) is 0 Å². The number of primary amides is 1. The highest BCUT2D eigenvalue weighted by Crippen LogP contribution is 2.26. The van der Waals surface area contributed by atoms with Gasteiger partial charge in [-0.05, 0) is 31.0 Å². The van der Waals surface area contributed by atoms with Crippen molar-refractivity contribution < 1.29 is 4.79 Å². The number of carbonyl (C=O) groups excluding carboxylic acids is 1. The maximum Gasteiger partial charge on any atom is 0.230 e. The van der Waals surface area contributed by atoms with E-state index >= 15 is 0 Å². The Balaban J connectivity index is 2.71. The van der Waals surface area contributed by atoms with Gasteiger partial charge in [0.2, 0.25) is 5.91 Å². The molecule has 88 valence electrons. The van der Waals surface area contributed by atoms with Gasteiger partial charge < -0.3 is 11.5 Å². The summed E-state index contributed by atoms with van der Waals surface area (Å²) in [6.07, 6.45) is 0.745. The fraction of sp³-hybridized carbons (Fsp3) is 0.417. The minimum Gasteiger partial charge on any atom is -0.369 e. The fourth-order valence-electron chi connectivity index (χ4n) is 1.36. The molecular formula is C12H18N2OS. The van der Waals surface area contributed by atoms with E-state index in [0.717, 1.165) is 16.9 Å². The summed E-state index contributed by atoms with van der Waals surface area (Å²) in [5.74, 6) is -0.260. The molecule has 0 heterocycles. The summed E-state index contributed by atoms with van der Waals surface area (Å²) < 4.78 is 0. The molecule has 0 aromatic heterocycles. The standard InChI is InChI=1S/C12H18N2OS/c1-3-11(12(14)15)16-10-6-4-9(5-7-10)8(2)13/h4-8,11H,3,13H2,1-2H3,(H2,14,15). The van der Waals surface area contributed by atoms with Crippen LogP contribution in [0.5, 0.6) is 0 Å². The highest BCUT2D eigenvalue weighted by atomic mass is 32.2. The van der Waals surface area contributed by atoms with E-state index in [9.17, 15) is 4.79 Å². The van der Waals surface area contributed by atoms with Gasteiger partial charge in [0.05, 0.1) is 5.25 Å². The van der Waals surface area contributed by atoms with Crippen LogP contribution in [0.4, 0.5) is 0 Å². The van der Waals surface area contributed by atoms with Crippen LogP contribution in [0.1, 0.15) is 31.9 Å². The molecule has 0 spiro atoms. The molecule has 1 aromatic rings. The maximum atomic E-state index is 11.1. The van der Waals surface area contributed by atoms with Gasteiger partial charge in [-0.15, -0.1) is 11.8 Å². The van der Waals surface area contributed by atoms with E-state index in [1.165, 1.54) is 11.8 Å². The Morgan fingerprint density at radius 2 is 1.94 bits per heavy atom. The Morgan fingerprint density at radius 3 is 2.31 bits per heavy atom. The van der Waals surface area contributed by atoms with Crippen LogP contribution in [0.25, 0.3) is 0 Å². The second kappa shape index (κ2) is 5.92. The van der Waals surface area contributed by atoms with Crippen molar-refractivity contribution in [1.82, 2.24) is 0 Å². The first kappa shape index (κ1) is 13.1. The SMILES string of the molecule is CCC(Sc1ccc(C(C)N)cc1)C(N)=O. The molecule has 4 N–H and O–H groups in total. The molecule has 0 radical (unpaired) electrons. The third kappa shape index (κ3) is 3.54. The first-order valence-corrected chi connectivity index (χ1v) is 6.24. The zero-order chi connectivity index (χ0) is 12.1. The summed E-state index contributed by atoms with van der Waals surface area (Å²) in [5, 5.41) is -0.152. The van der Waals surface area contributed by atoms with Crippen molar-refractivity contribution in [3.63, 3.8) is 0 Å². The van der Waals surface area contributed by atoms with Crippen molar-refractivity contribution in [2.45, 2.75) is 36.5 Å². The molecule has 2 unspecified atom stereocenters. The molecule has 1 aromatic carbocycles. The average molecular weight is 238 g/mol. The Bertz CT molecular complexity index is 349. The summed E-state index contributed by atoms with van der Waals surface area (Å²) in [4.78, 5) is 12.1. The smallest absolute Gasteiger partial charge is 0.230 e. The van der Waals surface area contributed by atoms with Crippen LogP contribution in [-0.4, -0.2) is 11.2 Å². The largest absolute Gasteiger partial charge is 0.369 e. The lowest BCUT2D eigenvalue weighted by molar-refractivity contribution is -0.117. The number of benzene rings is 1. The second-order valence-electron chi connectivity index (χ2n) is 3.77. The number of amides is 1. The monoisotopic (exact) mass is 238 g/mol. The lowest BCUT2D eigenvalue weighted by Crippen LogP contribution is -2.24. The topological polar surface area (TPSA) is 69.1 Å². The quantitative estimate of drug-likeness (QED) is 0.771. The summed E-state index contributed by atoms with van der Waals surface area (Å²) >= 11 is 1.50. The van der Waals surface area contributed by atoms with E-state index in [2.05, 4.69) is 0 Å². The number of nitrogens with two attached hydrogens (primary N) is 2. The van der Waals surface area contributed by atoms with Gasteiger partial charge in [0.25, 0.3) is 0 Å². The van der Waals surface area contributed by atoms with E-state index in [0.29, 0.717) is 0 Å². The molecule has 0 fully saturated rings. The van der Waals surface area contributed by atoms with Gasteiger partial charge in [-0.1, -0.05) is 19.1 Å². The summed E-state index contributed by atoms with van der Waals surface area (Å²) in [6, 6.07) is 7.97. The summed E-state index contributed by atoms with van der Waals surface area (Å²) in [6.45, 7) is 3.90. The number of thioether (sulfide) groups is 1. The van der Waals surface area contributed by atoms with Crippen LogP contribution in [0.2, 0.25) is 0 Å². The molecule has 2 atom stereocenters. The Labute approximate surface area is 101 Å². The van der Waals surface area contributed by atoms with Crippen molar-refractivity contribution in [3.05, 3.63) is 29.8 Å². The van der Waals surface area contributed by atoms with Crippen molar-refractivity contribution in [2.75, 3.05) is 0 Å². The minimum atomic E-state index is -0.260. The van der Waals surface area contributed by atoms with E-state index < -0.39 is 0 Å². The van der Waals surface area contributed by atoms with Gasteiger partial charge in [0.1, 0.15) is 0 Å². The van der Waals surface area contributed by atoms with Crippen molar-refractivity contribution >= 4 is 17.7 Å². The zero-order valence-electron chi connectivity index (χ0n) is 9.64. The Kier molecular flexibility index (Phi) is 4.83. The van der Waals surface area contributed by atoms with Gasteiger partial charge in [-0.2, -0.15) is 0 Å². The van der Waals surface area contributed by atoms with Gasteiger partial charge >= 0.3 is 0 Å². The van der Waals surface area contributed by atoms with Crippen LogP contribution >= 0.6 is 11.8 Å².